The van der Waals surface area contributed by atoms with Crippen LogP contribution < -0.4 is 0 Å². The predicted molar refractivity (Wildman–Crippen MR) is 71.2 cm³/mol. The van der Waals surface area contributed by atoms with Crippen molar-refractivity contribution in [2.24, 2.45) is 0 Å². The van der Waals surface area contributed by atoms with Crippen molar-refractivity contribution in [2.45, 2.75) is 6.42 Å². The summed E-state index contributed by atoms with van der Waals surface area (Å²) in [6, 6.07) is 11.7. The van der Waals surface area contributed by atoms with Gasteiger partial charge in [0.2, 0.25) is 0 Å². The average molecular weight is 280 g/mol. The van der Waals surface area contributed by atoms with Crippen LogP contribution in [0.1, 0.15) is 5.56 Å². The SMILES string of the molecule is N#CCc1cc(-c2cc(Cl)cc(Cl)c2)ccc1F. The van der Waals surface area contributed by atoms with Gasteiger partial charge in [-0.1, -0.05) is 29.3 Å². The summed E-state index contributed by atoms with van der Waals surface area (Å²) in [4.78, 5) is 0. The smallest absolute Gasteiger partial charge is 0.127 e. The molecule has 0 atom stereocenters. The lowest BCUT2D eigenvalue weighted by molar-refractivity contribution is 0.615. The lowest BCUT2D eigenvalue weighted by atomic mass is 10.0. The Bertz CT molecular complexity index is 612. The lowest BCUT2D eigenvalue weighted by Gasteiger charge is -2.06. The van der Waals surface area contributed by atoms with Crippen molar-refractivity contribution in [3.63, 3.8) is 0 Å². The van der Waals surface area contributed by atoms with E-state index < -0.39 is 0 Å². The van der Waals surface area contributed by atoms with Gasteiger partial charge >= 0.3 is 0 Å². The Kier molecular flexibility index (Phi) is 3.86. The minimum Gasteiger partial charge on any atom is -0.207 e. The summed E-state index contributed by atoms with van der Waals surface area (Å²) in [7, 11) is 0. The molecule has 2 aromatic rings. The van der Waals surface area contributed by atoms with Gasteiger partial charge in [-0.05, 0) is 41.5 Å². The molecule has 2 aromatic carbocycles. The topological polar surface area (TPSA) is 23.8 Å². The number of hydrogen-bond donors (Lipinski definition) is 0. The fourth-order valence-corrected chi connectivity index (χ4v) is 2.22. The zero-order valence-electron chi connectivity index (χ0n) is 9.25. The molecule has 0 aromatic heterocycles. The van der Waals surface area contributed by atoms with Gasteiger partial charge in [0.25, 0.3) is 0 Å². The van der Waals surface area contributed by atoms with Crippen LogP contribution in [-0.2, 0) is 6.42 Å². The minimum absolute atomic E-state index is 0.0357. The highest BCUT2D eigenvalue weighted by molar-refractivity contribution is 6.35. The van der Waals surface area contributed by atoms with Crippen LogP contribution in [0.4, 0.5) is 4.39 Å². The molecule has 0 aliphatic carbocycles. The molecular formula is C14H8Cl2FN. The van der Waals surface area contributed by atoms with E-state index in [0.717, 1.165) is 11.1 Å². The molecule has 4 heteroatoms. The van der Waals surface area contributed by atoms with Gasteiger partial charge in [-0.25, -0.2) is 4.39 Å². The van der Waals surface area contributed by atoms with E-state index in [9.17, 15) is 4.39 Å². The lowest BCUT2D eigenvalue weighted by Crippen LogP contribution is -1.90. The van der Waals surface area contributed by atoms with Crippen LogP contribution in [0.3, 0.4) is 0 Å². The maximum Gasteiger partial charge on any atom is 0.127 e. The van der Waals surface area contributed by atoms with Gasteiger partial charge in [0.1, 0.15) is 5.82 Å². The molecule has 18 heavy (non-hydrogen) atoms. The molecule has 2 rings (SSSR count). The van der Waals surface area contributed by atoms with Crippen LogP contribution in [0, 0.1) is 17.1 Å². The van der Waals surface area contributed by atoms with Crippen molar-refractivity contribution in [1.82, 2.24) is 0 Å². The monoisotopic (exact) mass is 279 g/mol. The third-order valence-corrected chi connectivity index (χ3v) is 2.95. The van der Waals surface area contributed by atoms with Gasteiger partial charge in [-0.15, -0.1) is 0 Å². The largest absolute Gasteiger partial charge is 0.207 e. The molecule has 0 saturated heterocycles. The standard InChI is InChI=1S/C14H8Cl2FN/c15-12-6-11(7-13(16)8-12)9-1-2-14(17)10(5-9)3-4-18/h1-2,5-8H,3H2. The van der Waals surface area contributed by atoms with E-state index in [1.54, 1.807) is 30.3 Å². The second kappa shape index (κ2) is 5.39. The van der Waals surface area contributed by atoms with E-state index in [0.29, 0.717) is 15.6 Å². The van der Waals surface area contributed by atoms with Crippen LogP contribution >= 0.6 is 23.2 Å². The maximum atomic E-state index is 13.4. The van der Waals surface area contributed by atoms with Crippen LogP contribution in [0.5, 0.6) is 0 Å². The van der Waals surface area contributed by atoms with Crippen molar-refractivity contribution in [2.75, 3.05) is 0 Å². The molecule has 1 nitrogen and oxygen atoms in total. The summed E-state index contributed by atoms with van der Waals surface area (Å²) in [5, 5.41) is 9.67. The molecule has 0 spiro atoms. The van der Waals surface area contributed by atoms with Crippen molar-refractivity contribution in [3.8, 4) is 17.2 Å². The molecule has 0 amide bonds. The van der Waals surface area contributed by atoms with Gasteiger partial charge in [0, 0.05) is 15.6 Å². The summed E-state index contributed by atoms with van der Waals surface area (Å²) in [6.45, 7) is 0. The fourth-order valence-electron chi connectivity index (χ4n) is 1.70. The Hall–Kier alpha value is -1.56. The third-order valence-electron chi connectivity index (χ3n) is 2.51. The summed E-state index contributed by atoms with van der Waals surface area (Å²) in [6.07, 6.45) is 0.0357. The Morgan fingerprint density at radius 1 is 1.00 bits per heavy atom. The van der Waals surface area contributed by atoms with E-state index >= 15 is 0 Å². The molecule has 0 N–H and O–H groups in total. The predicted octanol–water partition coefficient (Wildman–Crippen LogP) is 4.87. The van der Waals surface area contributed by atoms with E-state index in [-0.39, 0.29) is 12.2 Å². The van der Waals surface area contributed by atoms with Gasteiger partial charge in [0.15, 0.2) is 0 Å². The Morgan fingerprint density at radius 2 is 1.67 bits per heavy atom. The van der Waals surface area contributed by atoms with Crippen molar-refractivity contribution in [1.29, 1.82) is 5.26 Å². The number of rotatable bonds is 2. The molecule has 0 saturated carbocycles. The Morgan fingerprint density at radius 3 is 2.28 bits per heavy atom. The van der Waals surface area contributed by atoms with Crippen molar-refractivity contribution >= 4 is 23.2 Å². The van der Waals surface area contributed by atoms with Gasteiger partial charge in [-0.2, -0.15) is 5.26 Å². The van der Waals surface area contributed by atoms with Gasteiger partial charge in [0.05, 0.1) is 12.5 Å². The molecular weight excluding hydrogens is 272 g/mol. The molecule has 0 unspecified atom stereocenters. The highest BCUT2D eigenvalue weighted by Gasteiger charge is 2.06. The molecule has 0 fully saturated rings. The first-order chi connectivity index (χ1) is 8.60. The summed E-state index contributed by atoms with van der Waals surface area (Å²) < 4.78 is 13.4. The normalized spacial score (nSPS) is 10.1. The number of nitrogens with zero attached hydrogens (tertiary/aromatic N) is 1. The molecule has 0 bridgehead atoms. The van der Waals surface area contributed by atoms with Crippen molar-refractivity contribution in [3.05, 3.63) is 57.8 Å². The summed E-state index contributed by atoms with van der Waals surface area (Å²) in [5.74, 6) is -0.381. The second-order valence-corrected chi connectivity index (χ2v) is 4.67. The molecule has 0 radical (unpaired) electrons. The highest BCUT2D eigenvalue weighted by atomic mass is 35.5. The van der Waals surface area contributed by atoms with Crippen LogP contribution in [0.25, 0.3) is 11.1 Å². The van der Waals surface area contributed by atoms with E-state index in [2.05, 4.69) is 0 Å². The number of nitriles is 1. The first-order valence-electron chi connectivity index (χ1n) is 5.22. The Labute approximate surface area is 114 Å². The average Bonchev–Trinajstić information content (AvgIpc) is 2.31. The minimum atomic E-state index is -0.381. The number of halogens is 3. The van der Waals surface area contributed by atoms with E-state index in [4.69, 9.17) is 28.5 Å². The van der Waals surface area contributed by atoms with Crippen LogP contribution in [0.15, 0.2) is 36.4 Å². The van der Waals surface area contributed by atoms with Crippen LogP contribution in [-0.4, -0.2) is 0 Å². The molecule has 0 aliphatic rings. The number of benzene rings is 2. The fraction of sp³-hybridized carbons (Fsp3) is 0.0714. The molecule has 0 aliphatic heterocycles. The van der Waals surface area contributed by atoms with Crippen LogP contribution in [0.2, 0.25) is 10.0 Å². The van der Waals surface area contributed by atoms with E-state index in [1.165, 1.54) is 6.07 Å². The molecule has 90 valence electrons. The summed E-state index contributed by atoms with van der Waals surface area (Å²) in [5.41, 5.74) is 1.95. The Balaban J connectivity index is 2.51. The summed E-state index contributed by atoms with van der Waals surface area (Å²) >= 11 is 11.8. The second-order valence-electron chi connectivity index (χ2n) is 3.80. The first kappa shape index (κ1) is 12.9. The quantitative estimate of drug-likeness (QED) is 0.770. The maximum absolute atomic E-state index is 13.4. The molecule has 0 heterocycles. The highest BCUT2D eigenvalue weighted by Crippen LogP contribution is 2.28. The van der Waals surface area contributed by atoms with E-state index in [1.807, 2.05) is 6.07 Å². The first-order valence-corrected chi connectivity index (χ1v) is 5.97. The van der Waals surface area contributed by atoms with Crippen molar-refractivity contribution < 1.29 is 4.39 Å². The van der Waals surface area contributed by atoms with Gasteiger partial charge < -0.3 is 0 Å². The van der Waals surface area contributed by atoms with Gasteiger partial charge in [-0.3, -0.25) is 0 Å². The number of hydrogen-bond acceptors (Lipinski definition) is 1. The zero-order chi connectivity index (χ0) is 13.1. The third kappa shape index (κ3) is 2.81. The zero-order valence-corrected chi connectivity index (χ0v) is 10.8.